The molecule has 1 saturated heterocycles. The molecule has 1 fully saturated rings. The first kappa shape index (κ1) is 13.2. The van der Waals surface area contributed by atoms with E-state index in [0.29, 0.717) is 12.1 Å². The SMILES string of the molecule is CCC1CC(Nc2ccc(-c3cnco3)cc2)CCO1. The minimum Gasteiger partial charge on any atom is -0.444 e. The smallest absolute Gasteiger partial charge is 0.181 e. The van der Waals surface area contributed by atoms with Crippen LogP contribution in [0.4, 0.5) is 5.69 Å². The monoisotopic (exact) mass is 272 g/mol. The van der Waals surface area contributed by atoms with Gasteiger partial charge in [0.15, 0.2) is 12.2 Å². The minimum absolute atomic E-state index is 0.398. The predicted octanol–water partition coefficient (Wildman–Crippen LogP) is 3.71. The van der Waals surface area contributed by atoms with Crippen molar-refractivity contribution in [1.82, 2.24) is 4.98 Å². The summed E-state index contributed by atoms with van der Waals surface area (Å²) in [6.07, 6.45) is 6.82. The lowest BCUT2D eigenvalue weighted by Gasteiger charge is -2.30. The second-order valence-corrected chi connectivity index (χ2v) is 5.21. The molecular weight excluding hydrogens is 252 g/mol. The molecule has 0 bridgehead atoms. The van der Waals surface area contributed by atoms with Gasteiger partial charge in [-0.3, -0.25) is 0 Å². The second kappa shape index (κ2) is 6.09. The van der Waals surface area contributed by atoms with Gasteiger partial charge in [-0.1, -0.05) is 6.92 Å². The summed E-state index contributed by atoms with van der Waals surface area (Å²) in [5, 5.41) is 3.59. The third-order valence-corrected chi connectivity index (χ3v) is 3.80. The maximum atomic E-state index is 5.70. The highest BCUT2D eigenvalue weighted by atomic mass is 16.5. The molecular formula is C16H20N2O2. The largest absolute Gasteiger partial charge is 0.444 e. The molecule has 106 valence electrons. The maximum absolute atomic E-state index is 5.70. The molecule has 0 aliphatic carbocycles. The van der Waals surface area contributed by atoms with E-state index >= 15 is 0 Å². The highest BCUT2D eigenvalue weighted by Crippen LogP contribution is 2.23. The number of anilines is 1. The van der Waals surface area contributed by atoms with Gasteiger partial charge in [-0.15, -0.1) is 0 Å². The van der Waals surface area contributed by atoms with Crippen molar-refractivity contribution in [3.05, 3.63) is 36.9 Å². The zero-order valence-corrected chi connectivity index (χ0v) is 11.7. The fourth-order valence-corrected chi connectivity index (χ4v) is 2.62. The summed E-state index contributed by atoms with van der Waals surface area (Å²) in [5.74, 6) is 0.800. The van der Waals surface area contributed by atoms with Crippen molar-refractivity contribution in [2.75, 3.05) is 11.9 Å². The fraction of sp³-hybridized carbons (Fsp3) is 0.438. The summed E-state index contributed by atoms with van der Waals surface area (Å²) < 4.78 is 11.0. The lowest BCUT2D eigenvalue weighted by Crippen LogP contribution is -2.33. The highest BCUT2D eigenvalue weighted by Gasteiger charge is 2.20. The Morgan fingerprint density at radius 2 is 2.15 bits per heavy atom. The van der Waals surface area contributed by atoms with Crippen molar-refractivity contribution < 1.29 is 9.15 Å². The lowest BCUT2D eigenvalue weighted by molar-refractivity contribution is 0.00926. The first-order valence-corrected chi connectivity index (χ1v) is 7.22. The molecule has 3 rings (SSSR count). The molecule has 0 saturated carbocycles. The fourth-order valence-electron chi connectivity index (χ4n) is 2.62. The van der Waals surface area contributed by atoms with Gasteiger partial charge in [0.05, 0.1) is 12.3 Å². The third-order valence-electron chi connectivity index (χ3n) is 3.80. The van der Waals surface area contributed by atoms with Crippen molar-refractivity contribution in [1.29, 1.82) is 0 Å². The predicted molar refractivity (Wildman–Crippen MR) is 78.6 cm³/mol. The number of hydrogen-bond acceptors (Lipinski definition) is 4. The van der Waals surface area contributed by atoms with E-state index in [-0.39, 0.29) is 0 Å². The van der Waals surface area contributed by atoms with Crippen molar-refractivity contribution in [2.24, 2.45) is 0 Å². The molecule has 2 aromatic rings. The molecule has 1 aromatic carbocycles. The molecule has 1 aliphatic heterocycles. The second-order valence-electron chi connectivity index (χ2n) is 5.21. The molecule has 0 spiro atoms. The van der Waals surface area contributed by atoms with Gasteiger partial charge in [-0.2, -0.15) is 0 Å². The Labute approximate surface area is 119 Å². The van der Waals surface area contributed by atoms with E-state index in [2.05, 4.69) is 41.5 Å². The number of rotatable bonds is 4. The standard InChI is InChI=1S/C16H20N2O2/c1-2-15-9-14(7-8-19-15)18-13-5-3-12(4-6-13)16-10-17-11-20-16/h3-6,10-11,14-15,18H,2,7-9H2,1H3. The molecule has 4 heteroatoms. The number of aromatic nitrogens is 1. The van der Waals surface area contributed by atoms with Gasteiger partial charge in [0, 0.05) is 23.9 Å². The quantitative estimate of drug-likeness (QED) is 0.921. The van der Waals surface area contributed by atoms with Crippen LogP contribution in [0.5, 0.6) is 0 Å². The Bertz CT molecular complexity index is 522. The molecule has 20 heavy (non-hydrogen) atoms. The molecule has 1 N–H and O–H groups in total. The van der Waals surface area contributed by atoms with E-state index in [4.69, 9.17) is 9.15 Å². The summed E-state index contributed by atoms with van der Waals surface area (Å²) >= 11 is 0. The Balaban J connectivity index is 1.63. The molecule has 2 heterocycles. The summed E-state index contributed by atoms with van der Waals surface area (Å²) in [5.41, 5.74) is 2.20. The van der Waals surface area contributed by atoms with E-state index in [0.717, 1.165) is 42.9 Å². The summed E-state index contributed by atoms with van der Waals surface area (Å²) in [4.78, 5) is 3.94. The number of hydrogen-bond donors (Lipinski definition) is 1. The van der Waals surface area contributed by atoms with E-state index in [1.165, 1.54) is 6.39 Å². The van der Waals surface area contributed by atoms with E-state index < -0.39 is 0 Å². The Morgan fingerprint density at radius 3 is 2.85 bits per heavy atom. The van der Waals surface area contributed by atoms with E-state index in [9.17, 15) is 0 Å². The maximum Gasteiger partial charge on any atom is 0.181 e. The zero-order valence-electron chi connectivity index (χ0n) is 11.7. The van der Waals surface area contributed by atoms with Crippen LogP contribution in [0.15, 0.2) is 41.3 Å². The summed E-state index contributed by atoms with van der Waals surface area (Å²) in [7, 11) is 0. The minimum atomic E-state index is 0.398. The van der Waals surface area contributed by atoms with Crippen LogP contribution in [0.1, 0.15) is 26.2 Å². The molecule has 2 atom stereocenters. The van der Waals surface area contributed by atoms with E-state index in [1.807, 2.05) is 0 Å². The number of benzene rings is 1. The molecule has 1 aliphatic rings. The van der Waals surface area contributed by atoms with Crippen molar-refractivity contribution in [3.63, 3.8) is 0 Å². The number of nitrogens with one attached hydrogen (secondary N) is 1. The van der Waals surface area contributed by atoms with Gasteiger partial charge in [0.25, 0.3) is 0 Å². The van der Waals surface area contributed by atoms with Crippen LogP contribution in [0.25, 0.3) is 11.3 Å². The number of ether oxygens (including phenoxy) is 1. The third kappa shape index (κ3) is 3.02. The number of oxazole rings is 1. The van der Waals surface area contributed by atoms with Crippen LogP contribution < -0.4 is 5.32 Å². The summed E-state index contributed by atoms with van der Waals surface area (Å²) in [6.45, 7) is 3.03. The first-order valence-electron chi connectivity index (χ1n) is 7.22. The van der Waals surface area contributed by atoms with Crippen LogP contribution in [0.2, 0.25) is 0 Å². The van der Waals surface area contributed by atoms with Gasteiger partial charge >= 0.3 is 0 Å². The van der Waals surface area contributed by atoms with E-state index in [1.54, 1.807) is 6.20 Å². The van der Waals surface area contributed by atoms with Crippen LogP contribution in [0.3, 0.4) is 0 Å². The van der Waals surface area contributed by atoms with Crippen LogP contribution >= 0.6 is 0 Å². The summed E-state index contributed by atoms with van der Waals surface area (Å²) in [6, 6.07) is 8.80. The average Bonchev–Trinajstić information content (AvgIpc) is 3.02. The molecule has 1 aromatic heterocycles. The zero-order chi connectivity index (χ0) is 13.8. The van der Waals surface area contributed by atoms with Gasteiger partial charge in [-0.05, 0) is 43.5 Å². The van der Waals surface area contributed by atoms with Crippen LogP contribution in [0, 0.1) is 0 Å². The molecule has 4 nitrogen and oxygen atoms in total. The Morgan fingerprint density at radius 1 is 1.30 bits per heavy atom. The van der Waals surface area contributed by atoms with Gasteiger partial charge in [0.1, 0.15) is 0 Å². The van der Waals surface area contributed by atoms with Gasteiger partial charge in [0.2, 0.25) is 0 Å². The normalized spacial score (nSPS) is 22.6. The Kier molecular flexibility index (Phi) is 4.02. The first-order chi connectivity index (χ1) is 9.85. The lowest BCUT2D eigenvalue weighted by atomic mass is 10.0. The van der Waals surface area contributed by atoms with Crippen LogP contribution in [-0.2, 0) is 4.74 Å². The molecule has 0 amide bonds. The Hall–Kier alpha value is -1.81. The van der Waals surface area contributed by atoms with Crippen molar-refractivity contribution >= 4 is 5.69 Å². The van der Waals surface area contributed by atoms with Gasteiger partial charge in [-0.25, -0.2) is 4.98 Å². The van der Waals surface area contributed by atoms with Gasteiger partial charge < -0.3 is 14.5 Å². The molecule has 0 radical (unpaired) electrons. The highest BCUT2D eigenvalue weighted by molar-refractivity contribution is 5.60. The number of nitrogens with zero attached hydrogens (tertiary/aromatic N) is 1. The van der Waals surface area contributed by atoms with Crippen molar-refractivity contribution in [2.45, 2.75) is 38.3 Å². The molecule has 2 unspecified atom stereocenters. The van der Waals surface area contributed by atoms with Crippen molar-refractivity contribution in [3.8, 4) is 11.3 Å². The average molecular weight is 272 g/mol. The topological polar surface area (TPSA) is 47.3 Å². The van der Waals surface area contributed by atoms with Crippen LogP contribution in [-0.4, -0.2) is 23.7 Å².